The number of hydrogen-bond acceptors (Lipinski definition) is 4. The summed E-state index contributed by atoms with van der Waals surface area (Å²) in [6.45, 7) is 4.87. The van der Waals surface area contributed by atoms with Gasteiger partial charge < -0.3 is 14.8 Å². The van der Waals surface area contributed by atoms with E-state index < -0.39 is 0 Å². The highest BCUT2D eigenvalue weighted by molar-refractivity contribution is 5.72. The fourth-order valence-corrected chi connectivity index (χ4v) is 4.07. The molecule has 1 aliphatic rings. The number of methoxy groups -OCH3 is 1. The predicted octanol–water partition coefficient (Wildman–Crippen LogP) is 5.62. The fraction of sp³-hybridized carbons (Fsp3) is 0.269. The highest BCUT2D eigenvalue weighted by atomic mass is 16.5. The van der Waals surface area contributed by atoms with Gasteiger partial charge in [0, 0.05) is 6.42 Å². The summed E-state index contributed by atoms with van der Waals surface area (Å²) in [7, 11) is 1.41. The van der Waals surface area contributed by atoms with Crippen LogP contribution in [0.3, 0.4) is 0 Å². The van der Waals surface area contributed by atoms with Crippen LogP contribution in [0.15, 0.2) is 60.7 Å². The van der Waals surface area contributed by atoms with Crippen molar-refractivity contribution in [1.29, 1.82) is 0 Å². The second kappa shape index (κ2) is 8.62. The molecule has 0 saturated heterocycles. The minimum Gasteiger partial charge on any atom is -0.489 e. The van der Waals surface area contributed by atoms with Gasteiger partial charge in [0.25, 0.3) is 0 Å². The van der Waals surface area contributed by atoms with Crippen molar-refractivity contribution in [2.24, 2.45) is 0 Å². The highest BCUT2D eigenvalue weighted by Gasteiger charge is 2.21. The van der Waals surface area contributed by atoms with Crippen molar-refractivity contribution in [2.45, 2.75) is 32.7 Å². The Morgan fingerprint density at radius 3 is 2.60 bits per heavy atom. The zero-order valence-electron chi connectivity index (χ0n) is 17.7. The number of aryl methyl sites for hydroxylation is 3. The lowest BCUT2D eigenvalue weighted by atomic mass is 9.93. The van der Waals surface area contributed by atoms with Crippen LogP contribution in [0, 0.1) is 13.8 Å². The number of fused-ring (bicyclic) bond motifs is 1. The van der Waals surface area contributed by atoms with Gasteiger partial charge in [-0.1, -0.05) is 42.5 Å². The fourth-order valence-electron chi connectivity index (χ4n) is 4.07. The lowest BCUT2D eigenvalue weighted by Gasteiger charge is -2.28. The molecule has 1 unspecified atom stereocenters. The van der Waals surface area contributed by atoms with Crippen LogP contribution in [-0.2, 0) is 16.0 Å². The monoisotopic (exact) mass is 401 g/mol. The molecule has 1 atom stereocenters. The summed E-state index contributed by atoms with van der Waals surface area (Å²) in [5.41, 5.74) is 8.34. The Hall–Kier alpha value is -3.27. The number of benzene rings is 3. The quantitative estimate of drug-likeness (QED) is 0.564. The third-order valence-corrected chi connectivity index (χ3v) is 5.69. The lowest BCUT2D eigenvalue weighted by molar-refractivity contribution is -0.140. The van der Waals surface area contributed by atoms with Crippen LogP contribution in [0.1, 0.15) is 34.7 Å². The summed E-state index contributed by atoms with van der Waals surface area (Å²) in [5.74, 6) is 0.634. The summed E-state index contributed by atoms with van der Waals surface area (Å²) in [6.07, 6.45) is 1.01. The van der Waals surface area contributed by atoms with Crippen LogP contribution in [-0.4, -0.2) is 19.7 Å². The van der Waals surface area contributed by atoms with Crippen LogP contribution in [0.2, 0.25) is 0 Å². The molecule has 3 aromatic carbocycles. The number of nitrogens with one attached hydrogen (secondary N) is 1. The molecule has 0 amide bonds. The van der Waals surface area contributed by atoms with E-state index in [0.717, 1.165) is 17.0 Å². The molecule has 0 aliphatic carbocycles. The van der Waals surface area contributed by atoms with Crippen LogP contribution in [0.5, 0.6) is 5.75 Å². The molecular weight excluding hydrogens is 374 g/mol. The Kier molecular flexibility index (Phi) is 5.75. The molecule has 3 aromatic rings. The summed E-state index contributed by atoms with van der Waals surface area (Å²) >= 11 is 0. The van der Waals surface area contributed by atoms with E-state index in [9.17, 15) is 4.79 Å². The first-order valence-electron chi connectivity index (χ1n) is 10.3. The van der Waals surface area contributed by atoms with Gasteiger partial charge in [-0.3, -0.25) is 4.79 Å². The van der Waals surface area contributed by atoms with Gasteiger partial charge in [-0.2, -0.15) is 0 Å². The predicted molar refractivity (Wildman–Crippen MR) is 120 cm³/mol. The molecule has 0 fully saturated rings. The van der Waals surface area contributed by atoms with E-state index in [1.807, 2.05) is 18.2 Å². The normalized spacial score (nSPS) is 15.0. The van der Waals surface area contributed by atoms with Gasteiger partial charge in [0.05, 0.1) is 18.8 Å². The number of hydrogen-bond donors (Lipinski definition) is 1. The molecule has 0 bridgehead atoms. The van der Waals surface area contributed by atoms with Crippen LogP contribution >= 0.6 is 0 Å². The van der Waals surface area contributed by atoms with E-state index in [1.165, 1.54) is 34.9 Å². The van der Waals surface area contributed by atoms with E-state index in [-0.39, 0.29) is 12.0 Å². The van der Waals surface area contributed by atoms with Crippen molar-refractivity contribution < 1.29 is 14.3 Å². The Bertz CT molecular complexity index is 1050. The molecule has 4 rings (SSSR count). The summed E-state index contributed by atoms with van der Waals surface area (Å²) in [4.78, 5) is 11.4. The number of esters is 1. The van der Waals surface area contributed by atoms with E-state index in [2.05, 4.69) is 61.6 Å². The summed E-state index contributed by atoms with van der Waals surface area (Å²) in [5, 5.41) is 3.61. The molecule has 0 saturated carbocycles. The average molecular weight is 402 g/mol. The SMILES string of the molecule is COC(=O)CCc1ccc2c(c1)OCC(c1cccc(-c3c(C)cccc3C)c1)N2. The number of anilines is 1. The third kappa shape index (κ3) is 4.18. The number of rotatable bonds is 5. The number of carbonyl (C=O) groups is 1. The molecular formula is C26H27NO3. The molecule has 4 heteroatoms. The van der Waals surface area contributed by atoms with Gasteiger partial charge in [-0.05, 0) is 71.8 Å². The van der Waals surface area contributed by atoms with E-state index in [4.69, 9.17) is 9.47 Å². The van der Waals surface area contributed by atoms with Gasteiger partial charge in [0.2, 0.25) is 0 Å². The topological polar surface area (TPSA) is 47.6 Å². The molecule has 4 nitrogen and oxygen atoms in total. The van der Waals surface area contributed by atoms with Gasteiger partial charge >= 0.3 is 5.97 Å². The van der Waals surface area contributed by atoms with Crippen molar-refractivity contribution in [3.05, 3.63) is 82.9 Å². The van der Waals surface area contributed by atoms with Gasteiger partial charge in [-0.15, -0.1) is 0 Å². The molecule has 1 aliphatic heterocycles. The first-order valence-corrected chi connectivity index (χ1v) is 10.3. The van der Waals surface area contributed by atoms with E-state index in [1.54, 1.807) is 0 Å². The molecule has 0 radical (unpaired) electrons. The van der Waals surface area contributed by atoms with E-state index >= 15 is 0 Å². The van der Waals surface area contributed by atoms with Gasteiger partial charge in [0.15, 0.2) is 0 Å². The number of carbonyl (C=O) groups excluding carboxylic acids is 1. The highest BCUT2D eigenvalue weighted by Crippen LogP contribution is 2.36. The summed E-state index contributed by atoms with van der Waals surface area (Å²) in [6, 6.07) is 21.3. The van der Waals surface area contributed by atoms with Crippen molar-refractivity contribution >= 4 is 11.7 Å². The molecule has 1 heterocycles. The maximum absolute atomic E-state index is 11.4. The number of ether oxygens (including phenoxy) is 2. The Balaban J connectivity index is 1.53. The maximum atomic E-state index is 11.4. The molecule has 154 valence electrons. The van der Waals surface area contributed by atoms with Crippen molar-refractivity contribution in [3.63, 3.8) is 0 Å². The first-order chi connectivity index (χ1) is 14.5. The average Bonchev–Trinajstić information content (AvgIpc) is 2.77. The second-order valence-corrected chi connectivity index (χ2v) is 7.81. The summed E-state index contributed by atoms with van der Waals surface area (Å²) < 4.78 is 10.8. The minimum absolute atomic E-state index is 0.0858. The molecule has 1 N–H and O–H groups in total. The van der Waals surface area contributed by atoms with Crippen molar-refractivity contribution in [1.82, 2.24) is 0 Å². The largest absolute Gasteiger partial charge is 0.489 e. The standard InChI is InChI=1S/C26H27NO3/c1-17-6-4-7-18(2)26(17)21-9-5-8-20(15-21)23-16-30-24-14-19(10-12-22(24)27-23)11-13-25(28)29-3/h4-10,12,14-15,23,27H,11,13,16H2,1-3H3. The van der Waals surface area contributed by atoms with Crippen molar-refractivity contribution in [2.75, 3.05) is 19.0 Å². The Morgan fingerprint density at radius 1 is 1.07 bits per heavy atom. The van der Waals surface area contributed by atoms with Crippen LogP contribution in [0.25, 0.3) is 11.1 Å². The van der Waals surface area contributed by atoms with Crippen molar-refractivity contribution in [3.8, 4) is 16.9 Å². The van der Waals surface area contributed by atoms with Crippen LogP contribution in [0.4, 0.5) is 5.69 Å². The Morgan fingerprint density at radius 2 is 1.83 bits per heavy atom. The molecule has 0 aromatic heterocycles. The van der Waals surface area contributed by atoms with Gasteiger partial charge in [0.1, 0.15) is 12.4 Å². The van der Waals surface area contributed by atoms with E-state index in [0.29, 0.717) is 19.4 Å². The molecule has 0 spiro atoms. The van der Waals surface area contributed by atoms with Crippen LogP contribution < -0.4 is 10.1 Å². The third-order valence-electron chi connectivity index (χ3n) is 5.69. The second-order valence-electron chi connectivity index (χ2n) is 7.81. The Labute approximate surface area is 177 Å². The minimum atomic E-state index is -0.199. The zero-order chi connectivity index (χ0) is 21.1. The maximum Gasteiger partial charge on any atom is 0.305 e. The first kappa shape index (κ1) is 20.0. The molecule has 30 heavy (non-hydrogen) atoms. The van der Waals surface area contributed by atoms with Gasteiger partial charge in [-0.25, -0.2) is 0 Å². The lowest BCUT2D eigenvalue weighted by Crippen LogP contribution is -2.24. The smallest absolute Gasteiger partial charge is 0.305 e. The zero-order valence-corrected chi connectivity index (χ0v) is 17.7.